The van der Waals surface area contributed by atoms with Crippen LogP contribution in [0.15, 0.2) is 22.7 Å². The van der Waals surface area contributed by atoms with Crippen molar-refractivity contribution in [2.24, 2.45) is 5.92 Å². The van der Waals surface area contributed by atoms with E-state index in [4.69, 9.17) is 4.74 Å². The van der Waals surface area contributed by atoms with Gasteiger partial charge in [0.1, 0.15) is 11.5 Å². The minimum Gasteiger partial charge on any atom is -0.496 e. The van der Waals surface area contributed by atoms with Crippen LogP contribution >= 0.6 is 27.7 Å². The highest BCUT2D eigenvalue weighted by Gasteiger charge is 2.23. The number of methoxy groups -OCH3 is 1. The molecule has 0 spiro atoms. The zero-order valence-corrected chi connectivity index (χ0v) is 12.1. The lowest BCUT2D eigenvalue weighted by atomic mass is 9.97. The second-order valence-corrected chi connectivity index (χ2v) is 6.23. The molecule has 1 aromatic carbocycles. The van der Waals surface area contributed by atoms with Gasteiger partial charge in [-0.25, -0.2) is 0 Å². The summed E-state index contributed by atoms with van der Waals surface area (Å²) in [6.07, 6.45) is 1.51. The van der Waals surface area contributed by atoms with E-state index >= 15 is 0 Å². The highest BCUT2D eigenvalue weighted by Crippen LogP contribution is 2.28. The second-order valence-electron chi connectivity index (χ2n) is 4.16. The lowest BCUT2D eigenvalue weighted by Gasteiger charge is -2.11. The van der Waals surface area contributed by atoms with E-state index in [-0.39, 0.29) is 5.92 Å². The molecule has 1 heterocycles. The van der Waals surface area contributed by atoms with E-state index in [0.29, 0.717) is 12.2 Å². The number of benzene rings is 1. The van der Waals surface area contributed by atoms with Crippen LogP contribution in [0, 0.1) is 5.92 Å². The molecule has 1 aliphatic rings. The summed E-state index contributed by atoms with van der Waals surface area (Å²) in [5.41, 5.74) is 0.976. The second kappa shape index (κ2) is 5.91. The Balaban J connectivity index is 2.11. The van der Waals surface area contributed by atoms with E-state index in [9.17, 15) is 4.79 Å². The van der Waals surface area contributed by atoms with E-state index in [1.54, 1.807) is 7.11 Å². The molecule has 0 bridgehead atoms. The fourth-order valence-electron chi connectivity index (χ4n) is 2.01. The van der Waals surface area contributed by atoms with Crippen molar-refractivity contribution in [2.45, 2.75) is 12.8 Å². The zero-order chi connectivity index (χ0) is 12.3. The molecule has 2 rings (SSSR count). The van der Waals surface area contributed by atoms with Crippen molar-refractivity contribution in [3.05, 3.63) is 28.2 Å². The van der Waals surface area contributed by atoms with Gasteiger partial charge in [-0.15, -0.1) is 0 Å². The van der Waals surface area contributed by atoms with Gasteiger partial charge >= 0.3 is 0 Å². The SMILES string of the molecule is COc1ccc(Br)cc1CC(=O)C1CCSC1. The average Bonchev–Trinajstić information content (AvgIpc) is 2.83. The lowest BCUT2D eigenvalue weighted by molar-refractivity contribution is -0.121. The summed E-state index contributed by atoms with van der Waals surface area (Å²) < 4.78 is 6.27. The van der Waals surface area contributed by atoms with Crippen molar-refractivity contribution in [1.82, 2.24) is 0 Å². The van der Waals surface area contributed by atoms with Gasteiger partial charge in [0.25, 0.3) is 0 Å². The fraction of sp³-hybridized carbons (Fsp3) is 0.462. The Morgan fingerprint density at radius 1 is 1.59 bits per heavy atom. The molecule has 0 aliphatic carbocycles. The van der Waals surface area contributed by atoms with Gasteiger partial charge in [-0.1, -0.05) is 15.9 Å². The molecule has 1 fully saturated rings. The molecule has 4 heteroatoms. The smallest absolute Gasteiger partial charge is 0.141 e. The van der Waals surface area contributed by atoms with E-state index < -0.39 is 0 Å². The van der Waals surface area contributed by atoms with Gasteiger partial charge in [0.2, 0.25) is 0 Å². The van der Waals surface area contributed by atoms with Crippen LogP contribution in [0.5, 0.6) is 5.75 Å². The van der Waals surface area contributed by atoms with Crippen LogP contribution in [0.1, 0.15) is 12.0 Å². The van der Waals surface area contributed by atoms with E-state index in [1.165, 1.54) is 0 Å². The first-order valence-corrected chi connectivity index (χ1v) is 7.58. The Labute approximate surface area is 114 Å². The molecule has 0 N–H and O–H groups in total. The van der Waals surface area contributed by atoms with Crippen molar-refractivity contribution in [2.75, 3.05) is 18.6 Å². The number of thioether (sulfide) groups is 1. The summed E-state index contributed by atoms with van der Waals surface area (Å²) in [4.78, 5) is 12.1. The molecule has 1 aromatic rings. The standard InChI is InChI=1S/C13H15BrO2S/c1-16-13-3-2-11(14)6-10(13)7-12(15)9-4-5-17-8-9/h2-3,6,9H,4-5,7-8H2,1H3. The molecule has 0 saturated carbocycles. The Bertz CT molecular complexity index is 414. The van der Waals surface area contributed by atoms with E-state index in [1.807, 2.05) is 30.0 Å². The number of hydrogen-bond acceptors (Lipinski definition) is 3. The molecule has 2 nitrogen and oxygen atoms in total. The Morgan fingerprint density at radius 2 is 2.41 bits per heavy atom. The number of rotatable bonds is 4. The molecule has 0 aromatic heterocycles. The predicted octanol–water partition coefficient (Wildman–Crippen LogP) is 3.32. The summed E-state index contributed by atoms with van der Waals surface area (Å²) in [5, 5.41) is 0. The summed E-state index contributed by atoms with van der Waals surface area (Å²) in [6.45, 7) is 0. The Kier molecular flexibility index (Phi) is 4.51. The molecular formula is C13H15BrO2S. The van der Waals surface area contributed by atoms with E-state index in [0.717, 1.165) is 33.7 Å². The van der Waals surface area contributed by atoms with Crippen molar-refractivity contribution >= 4 is 33.5 Å². The average molecular weight is 315 g/mol. The number of carbonyl (C=O) groups is 1. The van der Waals surface area contributed by atoms with Gasteiger partial charge in [0, 0.05) is 28.1 Å². The van der Waals surface area contributed by atoms with E-state index in [2.05, 4.69) is 15.9 Å². The van der Waals surface area contributed by atoms with Crippen LogP contribution in [0.2, 0.25) is 0 Å². The maximum atomic E-state index is 12.1. The first-order chi connectivity index (χ1) is 8.20. The summed E-state index contributed by atoms with van der Waals surface area (Å²) in [6, 6.07) is 5.80. The summed E-state index contributed by atoms with van der Waals surface area (Å²) >= 11 is 5.30. The van der Waals surface area contributed by atoms with Crippen LogP contribution in [-0.2, 0) is 11.2 Å². The van der Waals surface area contributed by atoms with Crippen molar-refractivity contribution in [1.29, 1.82) is 0 Å². The first-order valence-electron chi connectivity index (χ1n) is 5.63. The molecule has 92 valence electrons. The third-order valence-corrected chi connectivity index (χ3v) is 4.65. The van der Waals surface area contributed by atoms with Crippen molar-refractivity contribution in [3.8, 4) is 5.75 Å². The number of Topliss-reactive ketones (excluding diaryl/α,β-unsaturated/α-hetero) is 1. The Hall–Kier alpha value is -0.480. The van der Waals surface area contributed by atoms with Gasteiger partial charge < -0.3 is 4.74 Å². The van der Waals surface area contributed by atoms with Crippen LogP contribution in [0.25, 0.3) is 0 Å². The fourth-order valence-corrected chi connectivity index (χ4v) is 3.67. The van der Waals surface area contributed by atoms with Crippen molar-refractivity contribution in [3.63, 3.8) is 0 Å². The molecule has 17 heavy (non-hydrogen) atoms. The molecule has 1 aliphatic heterocycles. The number of halogens is 1. The largest absolute Gasteiger partial charge is 0.496 e. The monoisotopic (exact) mass is 314 g/mol. The van der Waals surface area contributed by atoms with Gasteiger partial charge in [0.15, 0.2) is 0 Å². The third-order valence-electron chi connectivity index (χ3n) is 2.99. The van der Waals surface area contributed by atoms with Crippen LogP contribution in [0.4, 0.5) is 0 Å². The normalized spacial score (nSPS) is 19.3. The molecule has 0 amide bonds. The van der Waals surface area contributed by atoms with Crippen molar-refractivity contribution < 1.29 is 9.53 Å². The Morgan fingerprint density at radius 3 is 3.06 bits per heavy atom. The maximum absolute atomic E-state index is 12.1. The van der Waals surface area contributed by atoms with Gasteiger partial charge in [-0.3, -0.25) is 4.79 Å². The summed E-state index contributed by atoms with van der Waals surface area (Å²) in [5.74, 6) is 3.48. The quantitative estimate of drug-likeness (QED) is 0.852. The third kappa shape index (κ3) is 3.26. The minimum absolute atomic E-state index is 0.240. The number of ketones is 1. The van der Waals surface area contributed by atoms with Gasteiger partial charge in [-0.2, -0.15) is 11.8 Å². The number of hydrogen-bond donors (Lipinski definition) is 0. The number of ether oxygens (including phenoxy) is 1. The molecule has 1 unspecified atom stereocenters. The predicted molar refractivity (Wildman–Crippen MR) is 74.8 cm³/mol. The van der Waals surface area contributed by atoms with Crippen LogP contribution in [0.3, 0.4) is 0 Å². The first kappa shape index (κ1) is 13.0. The highest BCUT2D eigenvalue weighted by atomic mass is 79.9. The van der Waals surface area contributed by atoms with Gasteiger partial charge in [-0.05, 0) is 30.4 Å². The molecule has 1 atom stereocenters. The lowest BCUT2D eigenvalue weighted by Crippen LogP contribution is -2.16. The topological polar surface area (TPSA) is 26.3 Å². The minimum atomic E-state index is 0.240. The highest BCUT2D eigenvalue weighted by molar-refractivity contribution is 9.10. The molecule has 0 radical (unpaired) electrons. The zero-order valence-electron chi connectivity index (χ0n) is 9.74. The number of carbonyl (C=O) groups excluding carboxylic acids is 1. The van der Waals surface area contributed by atoms with Gasteiger partial charge in [0.05, 0.1) is 7.11 Å². The van der Waals surface area contributed by atoms with Crippen LogP contribution in [-0.4, -0.2) is 24.4 Å². The van der Waals surface area contributed by atoms with Crippen LogP contribution < -0.4 is 4.74 Å². The molecular weight excluding hydrogens is 300 g/mol. The molecule has 1 saturated heterocycles. The maximum Gasteiger partial charge on any atom is 0.141 e. The summed E-state index contributed by atoms with van der Waals surface area (Å²) in [7, 11) is 1.64.